The smallest absolute Gasteiger partial charge is 0.163 e. The fourth-order valence-electron chi connectivity index (χ4n) is 4.13. The van der Waals surface area contributed by atoms with Gasteiger partial charge in [0.2, 0.25) is 0 Å². The highest BCUT2D eigenvalue weighted by molar-refractivity contribution is 5.96. The summed E-state index contributed by atoms with van der Waals surface area (Å²) in [4.78, 5) is 7.18. The van der Waals surface area contributed by atoms with E-state index < -0.39 is 0 Å². The standard InChI is InChI=1S/C21H29N3O2/c1-21(2)13-15-14-22-17-12-19(18(25-3)11-16(17)20(15)23-21)26-10-6-9-24-7-4-5-8-24/h11-12,14,23H,4-10,13H2,1-3H3. The van der Waals surface area contributed by atoms with Crippen molar-refractivity contribution < 1.29 is 9.47 Å². The van der Waals surface area contributed by atoms with Crippen molar-refractivity contribution >= 4 is 16.6 Å². The topological polar surface area (TPSA) is 46.6 Å². The number of rotatable bonds is 6. The molecule has 0 radical (unpaired) electrons. The van der Waals surface area contributed by atoms with Gasteiger partial charge in [-0.05, 0) is 64.3 Å². The molecule has 1 aromatic carbocycles. The van der Waals surface area contributed by atoms with Gasteiger partial charge in [0.05, 0.1) is 19.2 Å². The van der Waals surface area contributed by atoms with E-state index >= 15 is 0 Å². The van der Waals surface area contributed by atoms with Gasteiger partial charge in [0.1, 0.15) is 0 Å². The van der Waals surface area contributed by atoms with Gasteiger partial charge >= 0.3 is 0 Å². The molecule has 1 saturated heterocycles. The van der Waals surface area contributed by atoms with E-state index in [2.05, 4.69) is 35.1 Å². The Labute approximate surface area is 155 Å². The quantitative estimate of drug-likeness (QED) is 0.798. The lowest BCUT2D eigenvalue weighted by molar-refractivity contribution is 0.254. The molecular weight excluding hydrogens is 326 g/mol. The first-order chi connectivity index (χ1) is 12.6. The molecule has 0 aliphatic carbocycles. The summed E-state index contributed by atoms with van der Waals surface area (Å²) in [5.74, 6) is 1.56. The Balaban J connectivity index is 1.51. The highest BCUT2D eigenvalue weighted by Gasteiger charge is 2.29. The number of pyridine rings is 1. The first-order valence-electron chi connectivity index (χ1n) is 9.69. The van der Waals surface area contributed by atoms with Crippen LogP contribution in [0.15, 0.2) is 18.3 Å². The normalized spacial score (nSPS) is 18.7. The number of nitrogens with zero attached hydrogens (tertiary/aromatic N) is 2. The lowest BCUT2D eigenvalue weighted by Gasteiger charge is -2.19. The van der Waals surface area contributed by atoms with Crippen molar-refractivity contribution in [3.05, 3.63) is 23.9 Å². The van der Waals surface area contributed by atoms with Crippen molar-refractivity contribution in [3.63, 3.8) is 0 Å². The Kier molecular flexibility index (Phi) is 4.65. The highest BCUT2D eigenvalue weighted by atomic mass is 16.5. The van der Waals surface area contributed by atoms with E-state index in [9.17, 15) is 0 Å². The molecule has 0 saturated carbocycles. The molecule has 4 rings (SSSR count). The Hall–Kier alpha value is -2.01. The van der Waals surface area contributed by atoms with Gasteiger partial charge in [-0.15, -0.1) is 0 Å². The lowest BCUT2D eigenvalue weighted by Crippen LogP contribution is -2.27. The molecule has 2 aliphatic rings. The fourth-order valence-corrected chi connectivity index (χ4v) is 4.13. The third-order valence-electron chi connectivity index (χ3n) is 5.40. The van der Waals surface area contributed by atoms with Crippen LogP contribution in [0, 0.1) is 0 Å². The molecule has 1 N–H and O–H groups in total. The molecule has 2 aliphatic heterocycles. The Morgan fingerprint density at radius 2 is 2.00 bits per heavy atom. The SMILES string of the molecule is COc1cc2c3c(cnc2cc1OCCCN1CCCC1)CC(C)(C)N3. The number of benzene rings is 1. The first kappa shape index (κ1) is 17.4. The van der Waals surface area contributed by atoms with Crippen LogP contribution >= 0.6 is 0 Å². The Bertz CT molecular complexity index is 797. The molecule has 0 atom stereocenters. The molecule has 0 amide bonds. The zero-order valence-corrected chi connectivity index (χ0v) is 16.1. The number of hydrogen-bond donors (Lipinski definition) is 1. The van der Waals surface area contributed by atoms with Gasteiger partial charge in [0.25, 0.3) is 0 Å². The summed E-state index contributed by atoms with van der Waals surface area (Å²) < 4.78 is 11.6. The molecule has 1 aromatic heterocycles. The number of hydrogen-bond acceptors (Lipinski definition) is 5. The van der Waals surface area contributed by atoms with Crippen LogP contribution in [0.1, 0.15) is 38.7 Å². The largest absolute Gasteiger partial charge is 0.493 e. The van der Waals surface area contributed by atoms with Crippen LogP contribution < -0.4 is 14.8 Å². The second kappa shape index (κ2) is 6.95. The molecule has 2 aromatic rings. The minimum Gasteiger partial charge on any atom is -0.493 e. The van der Waals surface area contributed by atoms with E-state index in [-0.39, 0.29) is 5.54 Å². The van der Waals surface area contributed by atoms with E-state index in [1.165, 1.54) is 37.2 Å². The fraction of sp³-hybridized carbons (Fsp3) is 0.571. The maximum Gasteiger partial charge on any atom is 0.163 e. The van der Waals surface area contributed by atoms with Gasteiger partial charge in [-0.1, -0.05) is 0 Å². The predicted molar refractivity (Wildman–Crippen MR) is 105 cm³/mol. The summed E-state index contributed by atoms with van der Waals surface area (Å²) in [5, 5.41) is 4.74. The summed E-state index contributed by atoms with van der Waals surface area (Å²) in [6, 6.07) is 4.07. The van der Waals surface area contributed by atoms with E-state index in [4.69, 9.17) is 9.47 Å². The molecule has 1 fully saturated rings. The summed E-state index contributed by atoms with van der Waals surface area (Å²) in [6.45, 7) is 8.71. The molecule has 0 bridgehead atoms. The summed E-state index contributed by atoms with van der Waals surface area (Å²) >= 11 is 0. The zero-order chi connectivity index (χ0) is 18.1. The van der Waals surface area contributed by atoms with E-state index in [1.54, 1.807) is 7.11 Å². The van der Waals surface area contributed by atoms with Gasteiger partial charge < -0.3 is 19.7 Å². The van der Waals surface area contributed by atoms with E-state index in [1.807, 2.05) is 12.3 Å². The first-order valence-corrected chi connectivity index (χ1v) is 9.69. The highest BCUT2D eigenvalue weighted by Crippen LogP contribution is 2.41. The van der Waals surface area contributed by atoms with Crippen molar-refractivity contribution in [2.45, 2.75) is 45.1 Å². The molecule has 26 heavy (non-hydrogen) atoms. The van der Waals surface area contributed by atoms with Crippen molar-refractivity contribution in [2.75, 3.05) is 38.7 Å². The van der Waals surface area contributed by atoms with Crippen molar-refractivity contribution in [1.82, 2.24) is 9.88 Å². The van der Waals surface area contributed by atoms with Crippen LogP contribution in [-0.4, -0.2) is 48.8 Å². The molecule has 0 unspecified atom stereocenters. The maximum atomic E-state index is 6.04. The third kappa shape index (κ3) is 3.45. The molecular formula is C21H29N3O2. The predicted octanol–water partition coefficient (Wildman–Crippen LogP) is 3.85. The second-order valence-electron chi connectivity index (χ2n) is 8.12. The van der Waals surface area contributed by atoms with Gasteiger partial charge in [-0.25, -0.2) is 0 Å². The average molecular weight is 355 g/mol. The second-order valence-corrected chi connectivity index (χ2v) is 8.12. The van der Waals surface area contributed by atoms with Crippen LogP contribution in [0.5, 0.6) is 11.5 Å². The number of methoxy groups -OCH3 is 1. The van der Waals surface area contributed by atoms with Crippen LogP contribution in [0.25, 0.3) is 10.9 Å². The van der Waals surface area contributed by atoms with Crippen molar-refractivity contribution in [1.29, 1.82) is 0 Å². The summed E-state index contributed by atoms with van der Waals surface area (Å²) in [5.41, 5.74) is 3.46. The summed E-state index contributed by atoms with van der Waals surface area (Å²) in [6.07, 6.45) is 6.68. The average Bonchev–Trinajstić information content (AvgIpc) is 3.24. The number of nitrogens with one attached hydrogen (secondary N) is 1. The number of fused-ring (bicyclic) bond motifs is 3. The van der Waals surface area contributed by atoms with Crippen molar-refractivity contribution in [2.24, 2.45) is 0 Å². The van der Waals surface area contributed by atoms with E-state index in [0.717, 1.165) is 41.8 Å². The van der Waals surface area contributed by atoms with Gasteiger partial charge in [0, 0.05) is 35.4 Å². The van der Waals surface area contributed by atoms with Crippen LogP contribution in [0.2, 0.25) is 0 Å². The monoisotopic (exact) mass is 355 g/mol. The third-order valence-corrected chi connectivity index (χ3v) is 5.40. The lowest BCUT2D eigenvalue weighted by atomic mass is 10.0. The van der Waals surface area contributed by atoms with Gasteiger partial charge in [0.15, 0.2) is 11.5 Å². The number of ether oxygens (including phenoxy) is 2. The van der Waals surface area contributed by atoms with Crippen LogP contribution in [0.4, 0.5) is 5.69 Å². The number of likely N-dealkylation sites (tertiary alicyclic amines) is 1. The maximum absolute atomic E-state index is 6.04. The Morgan fingerprint density at radius 1 is 1.19 bits per heavy atom. The molecule has 5 nitrogen and oxygen atoms in total. The number of anilines is 1. The zero-order valence-electron chi connectivity index (χ0n) is 16.1. The van der Waals surface area contributed by atoms with E-state index in [0.29, 0.717) is 6.61 Å². The van der Waals surface area contributed by atoms with Gasteiger partial charge in [-0.3, -0.25) is 4.98 Å². The van der Waals surface area contributed by atoms with Crippen LogP contribution in [-0.2, 0) is 6.42 Å². The molecule has 3 heterocycles. The number of aromatic nitrogens is 1. The molecule has 5 heteroatoms. The van der Waals surface area contributed by atoms with Gasteiger partial charge in [-0.2, -0.15) is 0 Å². The summed E-state index contributed by atoms with van der Waals surface area (Å²) in [7, 11) is 1.70. The molecule has 0 spiro atoms. The van der Waals surface area contributed by atoms with Crippen molar-refractivity contribution in [3.8, 4) is 11.5 Å². The molecule has 140 valence electrons. The minimum atomic E-state index is 0.0657. The minimum absolute atomic E-state index is 0.0657. The Morgan fingerprint density at radius 3 is 2.77 bits per heavy atom. The van der Waals surface area contributed by atoms with Crippen LogP contribution in [0.3, 0.4) is 0 Å².